The number of nitrogens with zero attached hydrogens (tertiary/aromatic N) is 2. The molecule has 2 rings (SSSR count). The molecule has 1 heterocycles. The van der Waals surface area contributed by atoms with E-state index in [4.69, 9.17) is 5.73 Å². The Kier molecular flexibility index (Phi) is 5.67. The van der Waals surface area contributed by atoms with E-state index in [0.29, 0.717) is 18.1 Å². The average Bonchev–Trinajstić information content (AvgIpc) is 2.66. The van der Waals surface area contributed by atoms with Gasteiger partial charge in [-0.15, -0.1) is 0 Å². The normalized spacial score (nSPS) is 34.1. The van der Waals surface area contributed by atoms with Gasteiger partial charge in [0.2, 0.25) is 0 Å². The molecule has 0 aromatic carbocycles. The van der Waals surface area contributed by atoms with Gasteiger partial charge in [0.05, 0.1) is 0 Å². The fraction of sp³-hybridized carbons (Fsp3) is 1.00. The van der Waals surface area contributed by atoms with E-state index in [2.05, 4.69) is 30.7 Å². The Labute approximate surface area is 119 Å². The fourth-order valence-electron chi connectivity index (χ4n) is 4.05. The molecule has 1 aliphatic heterocycles. The maximum Gasteiger partial charge on any atom is 0.0247 e. The van der Waals surface area contributed by atoms with Gasteiger partial charge in [0.1, 0.15) is 0 Å². The van der Waals surface area contributed by atoms with Crippen molar-refractivity contribution >= 4 is 0 Å². The standard InChI is InChI=1S/C16H33N3/c1-13-11-19(12-14(2)18(13)3)16(10-17)15-8-6-4-5-7-9-15/h13-16H,4-12,17H2,1-3H3. The molecule has 3 unspecified atom stereocenters. The molecule has 0 bridgehead atoms. The summed E-state index contributed by atoms with van der Waals surface area (Å²) in [4.78, 5) is 5.21. The van der Waals surface area contributed by atoms with Crippen molar-refractivity contribution in [3.8, 4) is 0 Å². The van der Waals surface area contributed by atoms with Gasteiger partial charge in [0.25, 0.3) is 0 Å². The molecular weight excluding hydrogens is 234 g/mol. The van der Waals surface area contributed by atoms with E-state index in [1.807, 2.05) is 0 Å². The van der Waals surface area contributed by atoms with E-state index < -0.39 is 0 Å². The van der Waals surface area contributed by atoms with Gasteiger partial charge in [-0.05, 0) is 39.7 Å². The number of hydrogen-bond donors (Lipinski definition) is 1. The highest BCUT2D eigenvalue weighted by Crippen LogP contribution is 2.29. The minimum absolute atomic E-state index is 0.622. The molecule has 0 amide bonds. The number of hydrogen-bond acceptors (Lipinski definition) is 3. The minimum atomic E-state index is 0.622. The summed E-state index contributed by atoms with van der Waals surface area (Å²) in [6.45, 7) is 7.93. The molecule has 3 atom stereocenters. The van der Waals surface area contributed by atoms with Gasteiger partial charge in [-0.25, -0.2) is 0 Å². The van der Waals surface area contributed by atoms with Crippen LogP contribution in [0.15, 0.2) is 0 Å². The largest absolute Gasteiger partial charge is 0.329 e. The quantitative estimate of drug-likeness (QED) is 0.797. The summed E-state index contributed by atoms with van der Waals surface area (Å²) in [6.07, 6.45) is 8.50. The first-order valence-electron chi connectivity index (χ1n) is 8.29. The van der Waals surface area contributed by atoms with Crippen molar-refractivity contribution in [2.24, 2.45) is 11.7 Å². The molecule has 2 aliphatic rings. The molecule has 1 saturated heterocycles. The first-order chi connectivity index (χ1) is 9.13. The van der Waals surface area contributed by atoms with Gasteiger partial charge in [0.15, 0.2) is 0 Å². The van der Waals surface area contributed by atoms with Crippen LogP contribution < -0.4 is 5.73 Å². The minimum Gasteiger partial charge on any atom is -0.329 e. The summed E-state index contributed by atoms with van der Waals surface area (Å²) in [5.41, 5.74) is 6.16. The Morgan fingerprint density at radius 1 is 1.00 bits per heavy atom. The average molecular weight is 267 g/mol. The third-order valence-corrected chi connectivity index (χ3v) is 5.54. The molecule has 1 saturated carbocycles. The van der Waals surface area contributed by atoms with E-state index in [-0.39, 0.29) is 0 Å². The van der Waals surface area contributed by atoms with Crippen LogP contribution in [-0.4, -0.2) is 54.6 Å². The van der Waals surface area contributed by atoms with Crippen molar-refractivity contribution in [1.82, 2.24) is 9.80 Å². The van der Waals surface area contributed by atoms with E-state index in [0.717, 1.165) is 12.5 Å². The van der Waals surface area contributed by atoms with Crippen molar-refractivity contribution in [2.45, 2.75) is 70.5 Å². The molecule has 3 nitrogen and oxygen atoms in total. The smallest absolute Gasteiger partial charge is 0.0247 e. The van der Waals surface area contributed by atoms with Crippen molar-refractivity contribution in [3.05, 3.63) is 0 Å². The van der Waals surface area contributed by atoms with Gasteiger partial charge in [-0.3, -0.25) is 9.80 Å². The Morgan fingerprint density at radius 3 is 2.00 bits per heavy atom. The zero-order chi connectivity index (χ0) is 13.8. The molecule has 2 N–H and O–H groups in total. The van der Waals surface area contributed by atoms with Gasteiger partial charge in [-0.2, -0.15) is 0 Å². The van der Waals surface area contributed by atoms with Gasteiger partial charge < -0.3 is 5.73 Å². The van der Waals surface area contributed by atoms with E-state index in [1.165, 1.54) is 51.6 Å². The summed E-state index contributed by atoms with van der Waals surface area (Å²) in [5, 5.41) is 0. The highest BCUT2D eigenvalue weighted by atomic mass is 15.3. The molecule has 0 aromatic rings. The Hall–Kier alpha value is -0.120. The lowest BCUT2D eigenvalue weighted by molar-refractivity contribution is 0.0164. The predicted molar refractivity (Wildman–Crippen MR) is 82.3 cm³/mol. The molecule has 3 heteroatoms. The highest BCUT2D eigenvalue weighted by Gasteiger charge is 2.33. The zero-order valence-corrected chi connectivity index (χ0v) is 13.1. The van der Waals surface area contributed by atoms with Crippen LogP contribution in [0.4, 0.5) is 0 Å². The Bertz CT molecular complexity index is 249. The van der Waals surface area contributed by atoms with Crippen LogP contribution in [0.25, 0.3) is 0 Å². The lowest BCUT2D eigenvalue weighted by Crippen LogP contribution is -2.60. The molecule has 0 aromatic heterocycles. The lowest BCUT2D eigenvalue weighted by Gasteiger charge is -2.47. The van der Waals surface area contributed by atoms with Crippen LogP contribution in [0.1, 0.15) is 52.4 Å². The summed E-state index contributed by atoms with van der Waals surface area (Å²) in [7, 11) is 2.26. The second-order valence-electron chi connectivity index (χ2n) is 6.87. The highest BCUT2D eigenvalue weighted by molar-refractivity contribution is 4.90. The second kappa shape index (κ2) is 7.05. The topological polar surface area (TPSA) is 32.5 Å². The second-order valence-corrected chi connectivity index (χ2v) is 6.87. The fourth-order valence-corrected chi connectivity index (χ4v) is 4.05. The van der Waals surface area contributed by atoms with Crippen LogP contribution in [-0.2, 0) is 0 Å². The summed E-state index contributed by atoms with van der Waals surface area (Å²) in [6, 6.07) is 1.93. The number of piperazine rings is 1. The Balaban J connectivity index is 2.00. The first-order valence-corrected chi connectivity index (χ1v) is 8.29. The SMILES string of the molecule is CC1CN(C(CN)C2CCCCCC2)CC(C)N1C. The number of nitrogens with two attached hydrogens (primary N) is 1. The number of rotatable bonds is 3. The molecule has 0 radical (unpaired) electrons. The maximum absolute atomic E-state index is 6.16. The summed E-state index contributed by atoms with van der Waals surface area (Å²) < 4.78 is 0. The molecule has 112 valence electrons. The van der Waals surface area contributed by atoms with Crippen LogP contribution in [0.3, 0.4) is 0 Å². The molecule has 1 aliphatic carbocycles. The van der Waals surface area contributed by atoms with Crippen molar-refractivity contribution < 1.29 is 0 Å². The molecular formula is C16H33N3. The van der Waals surface area contributed by atoms with Crippen LogP contribution in [0.2, 0.25) is 0 Å². The monoisotopic (exact) mass is 267 g/mol. The summed E-state index contributed by atoms with van der Waals surface area (Å²) in [5.74, 6) is 0.843. The third kappa shape index (κ3) is 3.71. The lowest BCUT2D eigenvalue weighted by atomic mass is 9.89. The zero-order valence-electron chi connectivity index (χ0n) is 13.1. The van der Waals surface area contributed by atoms with E-state index >= 15 is 0 Å². The van der Waals surface area contributed by atoms with Gasteiger partial charge >= 0.3 is 0 Å². The summed E-state index contributed by atoms with van der Waals surface area (Å²) >= 11 is 0. The van der Waals surface area contributed by atoms with Gasteiger partial charge in [0, 0.05) is 37.8 Å². The molecule has 19 heavy (non-hydrogen) atoms. The van der Waals surface area contributed by atoms with Crippen molar-refractivity contribution in [1.29, 1.82) is 0 Å². The van der Waals surface area contributed by atoms with Crippen molar-refractivity contribution in [3.63, 3.8) is 0 Å². The predicted octanol–water partition coefficient (Wildman–Crippen LogP) is 2.31. The van der Waals surface area contributed by atoms with Gasteiger partial charge in [-0.1, -0.05) is 25.7 Å². The molecule has 2 fully saturated rings. The van der Waals surface area contributed by atoms with E-state index in [1.54, 1.807) is 0 Å². The van der Waals surface area contributed by atoms with Crippen LogP contribution in [0, 0.1) is 5.92 Å². The van der Waals surface area contributed by atoms with Crippen LogP contribution in [0.5, 0.6) is 0 Å². The maximum atomic E-state index is 6.16. The molecule has 0 spiro atoms. The Morgan fingerprint density at radius 2 is 1.53 bits per heavy atom. The first kappa shape index (κ1) is 15.3. The van der Waals surface area contributed by atoms with Crippen LogP contribution >= 0.6 is 0 Å². The van der Waals surface area contributed by atoms with Crippen molar-refractivity contribution in [2.75, 3.05) is 26.7 Å². The van der Waals surface area contributed by atoms with E-state index in [9.17, 15) is 0 Å². The number of likely N-dealkylation sites (N-methyl/N-ethyl adjacent to an activating group) is 1. The third-order valence-electron chi connectivity index (χ3n) is 5.54.